The third-order valence-electron chi connectivity index (χ3n) is 7.16. The van der Waals surface area contributed by atoms with Crippen molar-refractivity contribution in [2.24, 2.45) is 23.7 Å². The summed E-state index contributed by atoms with van der Waals surface area (Å²) in [5.41, 5.74) is 4.03. The molecule has 3 aromatic carbocycles. The largest absolute Gasteiger partial charge is 0.0808 e. The number of rotatable bonds is 4. The van der Waals surface area contributed by atoms with Crippen molar-refractivity contribution in [3.8, 4) is 0 Å². The van der Waals surface area contributed by atoms with Gasteiger partial charge in [-0.2, -0.15) is 0 Å². The molecule has 2 aliphatic rings. The van der Waals surface area contributed by atoms with Crippen LogP contribution in [0.5, 0.6) is 0 Å². The minimum Gasteiger partial charge on any atom is -0.0808 e. The van der Waals surface area contributed by atoms with Gasteiger partial charge in [0.1, 0.15) is 0 Å². The van der Waals surface area contributed by atoms with E-state index < -0.39 is 0 Å². The maximum absolute atomic E-state index is 2.47. The summed E-state index contributed by atoms with van der Waals surface area (Å²) in [5, 5.41) is 0. The number of hydrogen-bond donors (Lipinski definition) is 0. The fourth-order valence-electron chi connectivity index (χ4n) is 6.14. The second-order valence-corrected chi connectivity index (χ2v) is 8.66. The molecule has 4 atom stereocenters. The van der Waals surface area contributed by atoms with Gasteiger partial charge >= 0.3 is 0 Å². The van der Waals surface area contributed by atoms with Crippen LogP contribution in [-0.2, 0) is 5.41 Å². The molecular formula is C29H28. The molecule has 1 fully saturated rings. The molecule has 3 aromatic rings. The Labute approximate surface area is 174 Å². The van der Waals surface area contributed by atoms with E-state index in [1.165, 1.54) is 23.1 Å². The number of allylic oxidation sites excluding steroid dienone is 4. The molecule has 0 amide bonds. The van der Waals surface area contributed by atoms with Crippen LogP contribution in [0.25, 0.3) is 0 Å². The Morgan fingerprint density at radius 2 is 1.07 bits per heavy atom. The van der Waals surface area contributed by atoms with Crippen LogP contribution >= 0.6 is 0 Å². The molecule has 0 N–H and O–H groups in total. The van der Waals surface area contributed by atoms with Crippen LogP contribution in [0.15, 0.2) is 115 Å². The van der Waals surface area contributed by atoms with Crippen molar-refractivity contribution in [1.29, 1.82) is 0 Å². The summed E-state index contributed by atoms with van der Waals surface area (Å²) in [5.74, 6) is 2.31. The normalized spacial score (nSPS) is 25.7. The number of hydrogen-bond acceptors (Lipinski definition) is 0. The smallest absolute Gasteiger partial charge is 0.0487 e. The molecule has 0 aliphatic heterocycles. The van der Waals surface area contributed by atoms with Gasteiger partial charge in [0.05, 0.1) is 0 Å². The molecule has 2 aliphatic carbocycles. The lowest BCUT2D eigenvalue weighted by Crippen LogP contribution is -2.42. The van der Waals surface area contributed by atoms with E-state index in [1.54, 1.807) is 0 Å². The summed E-state index contributed by atoms with van der Waals surface area (Å²) in [7, 11) is 0. The van der Waals surface area contributed by atoms with Crippen molar-refractivity contribution >= 4 is 0 Å². The zero-order valence-electron chi connectivity index (χ0n) is 17.0. The van der Waals surface area contributed by atoms with Crippen LogP contribution in [0.4, 0.5) is 0 Å². The average molecular weight is 377 g/mol. The van der Waals surface area contributed by atoms with Crippen molar-refractivity contribution in [1.82, 2.24) is 0 Å². The summed E-state index contributed by atoms with van der Waals surface area (Å²) in [4.78, 5) is 0. The molecule has 0 bridgehead atoms. The predicted octanol–water partition coefficient (Wildman–Crippen LogP) is 7.04. The van der Waals surface area contributed by atoms with Gasteiger partial charge in [-0.25, -0.2) is 0 Å². The van der Waals surface area contributed by atoms with Crippen molar-refractivity contribution in [2.75, 3.05) is 0 Å². The molecule has 0 aromatic heterocycles. The Balaban J connectivity index is 1.84. The van der Waals surface area contributed by atoms with Gasteiger partial charge in [0, 0.05) is 5.41 Å². The maximum atomic E-state index is 2.47. The third-order valence-corrected chi connectivity index (χ3v) is 7.16. The van der Waals surface area contributed by atoms with Gasteiger partial charge in [-0.1, -0.05) is 122 Å². The van der Waals surface area contributed by atoms with E-state index in [4.69, 9.17) is 0 Å². The first kappa shape index (κ1) is 18.2. The fourth-order valence-corrected chi connectivity index (χ4v) is 6.14. The molecule has 29 heavy (non-hydrogen) atoms. The molecule has 0 radical (unpaired) electrons. The van der Waals surface area contributed by atoms with Gasteiger partial charge in [0.25, 0.3) is 0 Å². The van der Waals surface area contributed by atoms with E-state index in [0.29, 0.717) is 23.7 Å². The molecule has 0 nitrogen and oxygen atoms in total. The molecule has 0 heteroatoms. The standard InChI is InChI=1S/C29H28/c1-22-21-23-13-11-12-20-27(23)28(22)29(24-14-5-2-6-15-24,25-16-7-3-8-17-25)26-18-9-4-10-19-26/h2-20,22-23,27-28H,21H2,1H3. The summed E-state index contributed by atoms with van der Waals surface area (Å²) < 4.78 is 0. The van der Waals surface area contributed by atoms with Crippen molar-refractivity contribution in [3.63, 3.8) is 0 Å². The average Bonchev–Trinajstić information content (AvgIpc) is 3.13. The predicted molar refractivity (Wildman–Crippen MR) is 122 cm³/mol. The van der Waals surface area contributed by atoms with E-state index in [1.807, 2.05) is 0 Å². The van der Waals surface area contributed by atoms with Crippen LogP contribution in [0.3, 0.4) is 0 Å². The Hall–Kier alpha value is -2.86. The first-order valence-corrected chi connectivity index (χ1v) is 10.8. The second kappa shape index (κ2) is 7.52. The maximum Gasteiger partial charge on any atom is 0.0487 e. The molecule has 4 unspecified atom stereocenters. The van der Waals surface area contributed by atoms with Crippen molar-refractivity contribution < 1.29 is 0 Å². The van der Waals surface area contributed by atoms with Crippen LogP contribution < -0.4 is 0 Å². The highest BCUT2D eigenvalue weighted by atomic mass is 14.6. The number of benzene rings is 3. The summed E-state index contributed by atoms with van der Waals surface area (Å²) in [6, 6.07) is 33.6. The first-order chi connectivity index (χ1) is 14.3. The van der Waals surface area contributed by atoms with Crippen LogP contribution in [-0.4, -0.2) is 0 Å². The van der Waals surface area contributed by atoms with Gasteiger partial charge in [-0.05, 0) is 46.8 Å². The highest BCUT2D eigenvalue weighted by Gasteiger charge is 2.53. The first-order valence-electron chi connectivity index (χ1n) is 10.8. The van der Waals surface area contributed by atoms with Crippen LogP contribution in [0.1, 0.15) is 30.0 Å². The van der Waals surface area contributed by atoms with E-state index in [0.717, 1.165) is 0 Å². The molecule has 0 saturated heterocycles. The van der Waals surface area contributed by atoms with Gasteiger partial charge in [0.2, 0.25) is 0 Å². The summed E-state index contributed by atoms with van der Waals surface area (Å²) >= 11 is 0. The quantitative estimate of drug-likeness (QED) is 0.429. The van der Waals surface area contributed by atoms with Gasteiger partial charge in [0.15, 0.2) is 0 Å². The fraction of sp³-hybridized carbons (Fsp3) is 0.241. The molecular weight excluding hydrogens is 348 g/mol. The number of fused-ring (bicyclic) bond motifs is 1. The summed E-state index contributed by atoms with van der Waals surface area (Å²) in [6.07, 6.45) is 10.7. The second-order valence-electron chi connectivity index (χ2n) is 8.66. The lowest BCUT2D eigenvalue weighted by Gasteiger charge is -2.46. The Morgan fingerprint density at radius 1 is 0.621 bits per heavy atom. The van der Waals surface area contributed by atoms with Gasteiger partial charge < -0.3 is 0 Å². The molecule has 1 saturated carbocycles. The topological polar surface area (TPSA) is 0 Å². The lowest BCUT2D eigenvalue weighted by atomic mass is 9.56. The van der Waals surface area contributed by atoms with Crippen molar-refractivity contribution in [2.45, 2.75) is 18.8 Å². The monoisotopic (exact) mass is 376 g/mol. The Morgan fingerprint density at radius 3 is 1.55 bits per heavy atom. The highest BCUT2D eigenvalue weighted by molar-refractivity contribution is 5.52. The van der Waals surface area contributed by atoms with Gasteiger partial charge in [-0.15, -0.1) is 0 Å². The molecule has 0 heterocycles. The zero-order valence-corrected chi connectivity index (χ0v) is 17.0. The minimum absolute atomic E-state index is 0.169. The van der Waals surface area contributed by atoms with E-state index in [-0.39, 0.29) is 5.41 Å². The minimum atomic E-state index is -0.169. The van der Waals surface area contributed by atoms with E-state index >= 15 is 0 Å². The lowest BCUT2D eigenvalue weighted by molar-refractivity contribution is 0.258. The Bertz CT molecular complexity index is 901. The Kier molecular flexibility index (Phi) is 4.72. The highest BCUT2D eigenvalue weighted by Crippen LogP contribution is 2.58. The van der Waals surface area contributed by atoms with Crippen LogP contribution in [0.2, 0.25) is 0 Å². The zero-order chi connectivity index (χ0) is 19.7. The van der Waals surface area contributed by atoms with E-state index in [2.05, 4.69) is 122 Å². The SMILES string of the molecule is CC1CC2C=CC=CC2C1C(c1ccccc1)(c1ccccc1)c1ccccc1. The van der Waals surface area contributed by atoms with Gasteiger partial charge in [-0.3, -0.25) is 0 Å². The third kappa shape index (κ3) is 2.90. The molecule has 144 valence electrons. The molecule has 5 rings (SSSR count). The van der Waals surface area contributed by atoms with E-state index in [9.17, 15) is 0 Å². The van der Waals surface area contributed by atoms with Crippen LogP contribution in [0, 0.1) is 23.7 Å². The molecule has 0 spiro atoms. The summed E-state index contributed by atoms with van der Waals surface area (Å²) in [6.45, 7) is 2.47. The van der Waals surface area contributed by atoms with Crippen molar-refractivity contribution in [3.05, 3.63) is 132 Å².